The molecule has 1 amide bonds. The van der Waals surface area contributed by atoms with Crippen LogP contribution in [0.5, 0.6) is 0 Å². The zero-order valence-corrected chi connectivity index (χ0v) is 15.1. The van der Waals surface area contributed by atoms with E-state index in [1.807, 2.05) is 31.2 Å². The predicted octanol–water partition coefficient (Wildman–Crippen LogP) is 4.66. The minimum atomic E-state index is -0.136. The molecule has 0 saturated carbocycles. The molecule has 1 N–H and O–H groups in total. The smallest absolute Gasteiger partial charge is 0.241 e. The van der Waals surface area contributed by atoms with Crippen LogP contribution < -0.4 is 5.32 Å². The van der Waals surface area contributed by atoms with E-state index in [1.54, 1.807) is 0 Å². The summed E-state index contributed by atoms with van der Waals surface area (Å²) in [7, 11) is 0. The van der Waals surface area contributed by atoms with Crippen LogP contribution in [0.2, 0.25) is 0 Å². The largest absolute Gasteiger partial charge is 0.324 e. The summed E-state index contributed by atoms with van der Waals surface area (Å²) in [6.45, 7) is 3.91. The van der Waals surface area contributed by atoms with Crippen molar-refractivity contribution in [2.24, 2.45) is 0 Å². The van der Waals surface area contributed by atoms with Crippen LogP contribution in [0.4, 0.5) is 5.69 Å². The maximum absolute atomic E-state index is 12.8. The number of fused-ring (bicyclic) bond motifs is 1. The fourth-order valence-electron chi connectivity index (χ4n) is 3.87. The molecule has 3 aromatic rings. The van der Waals surface area contributed by atoms with E-state index in [-0.39, 0.29) is 11.9 Å². The topological polar surface area (TPSA) is 32.3 Å². The van der Waals surface area contributed by atoms with Crippen LogP contribution in [-0.2, 0) is 4.79 Å². The lowest BCUT2D eigenvalue weighted by Crippen LogP contribution is -2.40. The second kappa shape index (κ2) is 7.30. The Labute approximate surface area is 154 Å². The van der Waals surface area contributed by atoms with Gasteiger partial charge >= 0.3 is 0 Å². The number of anilines is 1. The molecule has 0 aromatic heterocycles. The van der Waals surface area contributed by atoms with Crippen molar-refractivity contribution in [1.82, 2.24) is 4.90 Å². The van der Waals surface area contributed by atoms with Gasteiger partial charge in [0.25, 0.3) is 0 Å². The Balaban J connectivity index is 1.45. The van der Waals surface area contributed by atoms with Gasteiger partial charge in [0.2, 0.25) is 5.91 Å². The third-order valence-electron chi connectivity index (χ3n) is 5.47. The molecule has 4 rings (SSSR count). The van der Waals surface area contributed by atoms with Crippen molar-refractivity contribution in [2.45, 2.75) is 25.3 Å². The molecule has 26 heavy (non-hydrogen) atoms. The van der Waals surface area contributed by atoms with Crippen molar-refractivity contribution in [3.8, 4) is 0 Å². The molecule has 1 fully saturated rings. The summed E-state index contributed by atoms with van der Waals surface area (Å²) in [5.41, 5.74) is 2.26. The molecule has 0 spiro atoms. The molecule has 1 saturated heterocycles. The maximum Gasteiger partial charge on any atom is 0.241 e. The summed E-state index contributed by atoms with van der Waals surface area (Å²) in [6, 6.07) is 24.7. The van der Waals surface area contributed by atoms with E-state index in [2.05, 4.69) is 58.7 Å². The van der Waals surface area contributed by atoms with Crippen molar-refractivity contribution in [3.63, 3.8) is 0 Å². The standard InChI is InChI=1S/C23H24N2O/c1-17(25-15-14-20(16-25)18-8-3-2-4-9-18)23(26)24-22-13-7-11-19-10-5-6-12-21(19)22/h2-13,17,20H,14-16H2,1H3,(H,24,26). The molecule has 132 valence electrons. The molecular weight excluding hydrogens is 320 g/mol. The van der Waals surface area contributed by atoms with Crippen LogP contribution in [0.3, 0.4) is 0 Å². The van der Waals surface area contributed by atoms with Crippen LogP contribution in [-0.4, -0.2) is 29.9 Å². The zero-order valence-electron chi connectivity index (χ0n) is 15.1. The lowest BCUT2D eigenvalue weighted by atomic mass is 9.99. The fourth-order valence-corrected chi connectivity index (χ4v) is 3.87. The highest BCUT2D eigenvalue weighted by Gasteiger charge is 2.30. The highest BCUT2D eigenvalue weighted by molar-refractivity contribution is 6.03. The second-order valence-corrected chi connectivity index (χ2v) is 7.08. The second-order valence-electron chi connectivity index (χ2n) is 7.08. The monoisotopic (exact) mass is 344 g/mol. The van der Waals surface area contributed by atoms with E-state index in [0.29, 0.717) is 5.92 Å². The number of carbonyl (C=O) groups is 1. The minimum Gasteiger partial charge on any atom is -0.324 e. The first-order valence-electron chi connectivity index (χ1n) is 9.30. The summed E-state index contributed by atoms with van der Waals surface area (Å²) in [4.78, 5) is 15.1. The van der Waals surface area contributed by atoms with Gasteiger partial charge in [0.05, 0.1) is 6.04 Å². The van der Waals surface area contributed by atoms with Crippen molar-refractivity contribution < 1.29 is 4.79 Å². The van der Waals surface area contributed by atoms with Gasteiger partial charge in [0.15, 0.2) is 0 Å². The van der Waals surface area contributed by atoms with Gasteiger partial charge in [-0.15, -0.1) is 0 Å². The molecular formula is C23H24N2O. The number of nitrogens with zero attached hydrogens (tertiary/aromatic N) is 1. The van der Waals surface area contributed by atoms with Gasteiger partial charge in [-0.05, 0) is 42.8 Å². The van der Waals surface area contributed by atoms with E-state index in [4.69, 9.17) is 0 Å². The molecule has 3 aromatic carbocycles. The van der Waals surface area contributed by atoms with Gasteiger partial charge in [-0.25, -0.2) is 0 Å². The number of amides is 1. The Morgan fingerprint density at radius 3 is 2.58 bits per heavy atom. The summed E-state index contributed by atoms with van der Waals surface area (Å²) >= 11 is 0. The van der Waals surface area contributed by atoms with Gasteiger partial charge in [-0.1, -0.05) is 66.7 Å². The Kier molecular flexibility index (Phi) is 4.72. The fraction of sp³-hybridized carbons (Fsp3) is 0.261. The van der Waals surface area contributed by atoms with Crippen LogP contribution in [0.25, 0.3) is 10.8 Å². The normalized spacial score (nSPS) is 18.7. The maximum atomic E-state index is 12.8. The predicted molar refractivity (Wildman–Crippen MR) is 107 cm³/mol. The Morgan fingerprint density at radius 1 is 1.00 bits per heavy atom. The molecule has 3 heteroatoms. The van der Waals surface area contributed by atoms with E-state index in [1.165, 1.54) is 5.56 Å². The van der Waals surface area contributed by atoms with Crippen molar-refractivity contribution >= 4 is 22.4 Å². The number of hydrogen-bond acceptors (Lipinski definition) is 2. The Bertz CT molecular complexity index is 901. The third kappa shape index (κ3) is 3.35. The minimum absolute atomic E-state index is 0.0649. The first kappa shape index (κ1) is 16.8. The summed E-state index contributed by atoms with van der Waals surface area (Å²) < 4.78 is 0. The highest BCUT2D eigenvalue weighted by Crippen LogP contribution is 2.29. The van der Waals surface area contributed by atoms with E-state index in [9.17, 15) is 4.79 Å². The molecule has 2 atom stereocenters. The number of carbonyl (C=O) groups excluding carboxylic acids is 1. The van der Waals surface area contributed by atoms with Crippen LogP contribution in [0.1, 0.15) is 24.8 Å². The first-order valence-corrected chi connectivity index (χ1v) is 9.30. The molecule has 1 heterocycles. The van der Waals surface area contributed by atoms with Crippen molar-refractivity contribution in [2.75, 3.05) is 18.4 Å². The number of rotatable bonds is 4. The molecule has 3 nitrogen and oxygen atoms in total. The quantitative estimate of drug-likeness (QED) is 0.747. The average Bonchev–Trinajstić information content (AvgIpc) is 3.18. The lowest BCUT2D eigenvalue weighted by molar-refractivity contribution is -0.120. The highest BCUT2D eigenvalue weighted by atomic mass is 16.2. The lowest BCUT2D eigenvalue weighted by Gasteiger charge is -2.24. The Hall–Kier alpha value is -2.65. The van der Waals surface area contributed by atoms with Gasteiger partial charge in [0.1, 0.15) is 0 Å². The summed E-state index contributed by atoms with van der Waals surface area (Å²) in [5.74, 6) is 0.582. The summed E-state index contributed by atoms with van der Waals surface area (Å²) in [6.07, 6.45) is 1.11. The SMILES string of the molecule is CC(C(=O)Nc1cccc2ccccc12)N1CCC(c2ccccc2)C1. The third-order valence-corrected chi connectivity index (χ3v) is 5.47. The van der Waals surface area contributed by atoms with Gasteiger partial charge in [0, 0.05) is 17.6 Å². The van der Waals surface area contributed by atoms with Gasteiger partial charge in [-0.3, -0.25) is 9.69 Å². The number of hydrogen-bond donors (Lipinski definition) is 1. The van der Waals surface area contributed by atoms with Crippen molar-refractivity contribution in [3.05, 3.63) is 78.4 Å². The molecule has 1 aliphatic rings. The van der Waals surface area contributed by atoms with E-state index in [0.717, 1.165) is 36.0 Å². The number of nitrogens with one attached hydrogen (secondary N) is 1. The molecule has 1 aliphatic heterocycles. The molecule has 0 bridgehead atoms. The van der Waals surface area contributed by atoms with Crippen LogP contribution in [0.15, 0.2) is 72.8 Å². The van der Waals surface area contributed by atoms with Crippen LogP contribution >= 0.6 is 0 Å². The average molecular weight is 344 g/mol. The van der Waals surface area contributed by atoms with Gasteiger partial charge in [-0.2, -0.15) is 0 Å². The summed E-state index contributed by atoms with van der Waals surface area (Å²) in [5, 5.41) is 5.36. The molecule has 0 radical (unpaired) electrons. The zero-order chi connectivity index (χ0) is 17.9. The van der Waals surface area contributed by atoms with E-state index >= 15 is 0 Å². The van der Waals surface area contributed by atoms with Crippen LogP contribution in [0, 0.1) is 0 Å². The van der Waals surface area contributed by atoms with Crippen molar-refractivity contribution in [1.29, 1.82) is 0 Å². The van der Waals surface area contributed by atoms with Gasteiger partial charge < -0.3 is 5.32 Å². The number of benzene rings is 3. The van der Waals surface area contributed by atoms with E-state index < -0.39 is 0 Å². The first-order chi connectivity index (χ1) is 12.7. The molecule has 0 aliphatic carbocycles. The Morgan fingerprint density at radius 2 is 1.73 bits per heavy atom. The number of likely N-dealkylation sites (tertiary alicyclic amines) is 1. The molecule has 2 unspecified atom stereocenters.